The van der Waals surface area contributed by atoms with E-state index in [0.717, 1.165) is 19.3 Å². The van der Waals surface area contributed by atoms with E-state index in [1.165, 1.54) is 4.90 Å². The van der Waals surface area contributed by atoms with Crippen LogP contribution in [0.1, 0.15) is 88.1 Å². The first-order valence-corrected chi connectivity index (χ1v) is 15.7. The van der Waals surface area contributed by atoms with Crippen LogP contribution in [0, 0.1) is 5.92 Å². The predicted molar refractivity (Wildman–Crippen MR) is 170 cm³/mol. The van der Waals surface area contributed by atoms with Crippen molar-refractivity contribution in [2.45, 2.75) is 102 Å². The van der Waals surface area contributed by atoms with Gasteiger partial charge in [-0.25, -0.2) is 9.59 Å². The minimum atomic E-state index is -1.27. The van der Waals surface area contributed by atoms with Crippen molar-refractivity contribution in [1.82, 2.24) is 20.9 Å². The molecule has 4 amide bonds. The van der Waals surface area contributed by atoms with Crippen molar-refractivity contribution in [2.24, 2.45) is 5.92 Å². The third kappa shape index (κ3) is 9.67. The molecule has 0 aromatic heterocycles. The number of ether oxygens (including phenoxy) is 2. The highest BCUT2D eigenvalue weighted by Crippen LogP contribution is 2.46. The lowest BCUT2D eigenvalue weighted by atomic mass is 10.0. The first-order chi connectivity index (χ1) is 21.3. The summed E-state index contributed by atoms with van der Waals surface area (Å²) in [6.45, 7) is 13.1. The van der Waals surface area contributed by atoms with Crippen LogP contribution in [0.5, 0.6) is 0 Å². The molecular weight excluding hydrogens is 576 g/mol. The molecule has 1 saturated carbocycles. The van der Waals surface area contributed by atoms with Gasteiger partial charge in [-0.2, -0.15) is 0 Å². The molecule has 11 heteroatoms. The van der Waals surface area contributed by atoms with E-state index >= 15 is 0 Å². The van der Waals surface area contributed by atoms with E-state index in [4.69, 9.17) is 9.47 Å². The summed E-state index contributed by atoms with van der Waals surface area (Å²) in [5, 5.41) is 8.17. The van der Waals surface area contributed by atoms with E-state index in [0.29, 0.717) is 49.8 Å². The van der Waals surface area contributed by atoms with Crippen LogP contribution in [0.3, 0.4) is 0 Å². The molecule has 1 aromatic carbocycles. The fourth-order valence-electron chi connectivity index (χ4n) is 5.50. The first kappa shape index (κ1) is 35.3. The monoisotopic (exact) mass is 624 g/mol. The van der Waals surface area contributed by atoms with Crippen molar-refractivity contribution in [2.75, 3.05) is 13.6 Å². The minimum Gasteiger partial charge on any atom is -0.459 e. The number of hydrogen-bond acceptors (Lipinski definition) is 7. The molecular formula is C34H48N4O7. The Morgan fingerprint density at radius 1 is 1.09 bits per heavy atom. The summed E-state index contributed by atoms with van der Waals surface area (Å²) in [6, 6.07) is 5.03. The van der Waals surface area contributed by atoms with Crippen molar-refractivity contribution in [3.8, 4) is 0 Å². The second kappa shape index (κ2) is 15.7. The van der Waals surface area contributed by atoms with Crippen LogP contribution in [-0.4, -0.2) is 71.5 Å². The average Bonchev–Trinajstić information content (AvgIpc) is 3.49. The van der Waals surface area contributed by atoms with Crippen molar-refractivity contribution >= 4 is 29.8 Å². The molecule has 11 nitrogen and oxygen atoms in total. The molecule has 3 N–H and O–H groups in total. The molecule has 2 fully saturated rings. The van der Waals surface area contributed by atoms with Gasteiger partial charge in [0.05, 0.1) is 0 Å². The van der Waals surface area contributed by atoms with Gasteiger partial charge < -0.3 is 30.3 Å². The Labute approximate surface area is 266 Å². The zero-order chi connectivity index (χ0) is 33.2. The van der Waals surface area contributed by atoms with E-state index < -0.39 is 41.2 Å². The molecule has 0 bridgehead atoms. The number of benzene rings is 1. The highest BCUT2D eigenvalue weighted by molar-refractivity contribution is 5.96. The van der Waals surface area contributed by atoms with Crippen molar-refractivity contribution < 1.29 is 33.4 Å². The summed E-state index contributed by atoms with van der Waals surface area (Å²) in [5.41, 5.74) is -0.829. The van der Waals surface area contributed by atoms with Gasteiger partial charge in [-0.05, 0) is 77.0 Å². The van der Waals surface area contributed by atoms with E-state index in [9.17, 15) is 24.0 Å². The number of carbonyl (C=O) groups excluding carboxylic acids is 5. The molecule has 1 aliphatic heterocycles. The molecule has 1 aliphatic carbocycles. The quantitative estimate of drug-likeness (QED) is 0.151. The van der Waals surface area contributed by atoms with Gasteiger partial charge in [-0.15, -0.1) is 13.2 Å². The molecule has 4 atom stereocenters. The average molecular weight is 625 g/mol. The van der Waals surface area contributed by atoms with Gasteiger partial charge in [0.1, 0.15) is 29.8 Å². The second-order valence-corrected chi connectivity index (χ2v) is 12.7. The van der Waals surface area contributed by atoms with Crippen LogP contribution >= 0.6 is 0 Å². The number of rotatable bonds is 15. The van der Waals surface area contributed by atoms with E-state index in [-0.39, 0.29) is 24.3 Å². The lowest BCUT2D eigenvalue weighted by Gasteiger charge is -2.30. The molecule has 1 aromatic rings. The normalized spacial score (nSPS) is 21.2. The van der Waals surface area contributed by atoms with Crippen molar-refractivity contribution in [3.05, 3.63) is 60.7 Å². The number of nitrogens with zero attached hydrogens (tertiary/aromatic N) is 1. The molecule has 1 heterocycles. The summed E-state index contributed by atoms with van der Waals surface area (Å²) in [6.07, 6.45) is 7.91. The van der Waals surface area contributed by atoms with Gasteiger partial charge in [-0.3, -0.25) is 14.4 Å². The third-order valence-electron chi connectivity index (χ3n) is 8.05. The fourth-order valence-corrected chi connectivity index (χ4v) is 5.50. The second-order valence-electron chi connectivity index (χ2n) is 12.7. The highest BCUT2D eigenvalue weighted by Gasteiger charge is 2.62. The Morgan fingerprint density at radius 2 is 1.80 bits per heavy atom. The first-order valence-electron chi connectivity index (χ1n) is 15.7. The van der Waals surface area contributed by atoms with E-state index in [1.54, 1.807) is 58.2 Å². The molecule has 3 rings (SSSR count). The smallest absolute Gasteiger partial charge is 0.408 e. The summed E-state index contributed by atoms with van der Waals surface area (Å²) >= 11 is 0. The Balaban J connectivity index is 1.67. The van der Waals surface area contributed by atoms with Gasteiger partial charge >= 0.3 is 12.1 Å². The Kier molecular flexibility index (Phi) is 12.3. The minimum absolute atomic E-state index is 0.0345. The third-order valence-corrected chi connectivity index (χ3v) is 8.05. The molecule has 45 heavy (non-hydrogen) atoms. The van der Waals surface area contributed by atoms with Crippen LogP contribution < -0.4 is 16.0 Å². The Bertz CT molecular complexity index is 1260. The van der Waals surface area contributed by atoms with Gasteiger partial charge in [0, 0.05) is 25.1 Å². The standard InChI is InChI=1S/C34H48N4O7/c1-7-9-10-11-12-14-26(36-32(43)45-33(3,4)5)30(41)38-20-13-15-27(38)29(40)37-34(21-25(34)8-2)31(42)44-22-23-16-18-24(19-17-23)28(39)35-6/h7-8,16-19,25-27H,1-2,9-15,20-22H2,3-6H3,(H,35,39)(H,36,43)(H,37,40)/t25?,26-,27-,34+/m0/s1. The predicted octanol–water partition coefficient (Wildman–Crippen LogP) is 4.17. The molecule has 1 saturated heterocycles. The lowest BCUT2D eigenvalue weighted by molar-refractivity contribution is -0.151. The highest BCUT2D eigenvalue weighted by atomic mass is 16.6. The fraction of sp³-hybridized carbons (Fsp3) is 0.559. The number of carbonyl (C=O) groups is 5. The number of likely N-dealkylation sites (tertiary alicyclic amines) is 1. The van der Waals surface area contributed by atoms with Gasteiger partial charge in [0.2, 0.25) is 11.8 Å². The maximum atomic E-state index is 13.8. The zero-order valence-corrected chi connectivity index (χ0v) is 27.0. The van der Waals surface area contributed by atoms with E-state index in [2.05, 4.69) is 29.1 Å². The number of amides is 4. The number of esters is 1. The van der Waals surface area contributed by atoms with Gasteiger partial charge in [0.15, 0.2) is 0 Å². The number of alkyl carbamates (subject to hydrolysis) is 1. The number of nitrogens with one attached hydrogen (secondary N) is 3. The van der Waals surface area contributed by atoms with Crippen LogP contribution in [0.15, 0.2) is 49.6 Å². The zero-order valence-electron chi connectivity index (χ0n) is 27.0. The summed E-state index contributed by atoms with van der Waals surface area (Å²) < 4.78 is 11.0. The van der Waals surface area contributed by atoms with Crippen LogP contribution in [0.25, 0.3) is 0 Å². The molecule has 0 spiro atoms. The topological polar surface area (TPSA) is 143 Å². The van der Waals surface area contributed by atoms with Crippen molar-refractivity contribution in [3.63, 3.8) is 0 Å². The van der Waals surface area contributed by atoms with Crippen molar-refractivity contribution in [1.29, 1.82) is 0 Å². The maximum Gasteiger partial charge on any atom is 0.408 e. The maximum absolute atomic E-state index is 13.8. The van der Waals surface area contributed by atoms with Crippen LogP contribution in [0.2, 0.25) is 0 Å². The number of unbranched alkanes of at least 4 members (excludes halogenated alkanes) is 3. The summed E-state index contributed by atoms with van der Waals surface area (Å²) in [5.74, 6) is -1.92. The Hall–Kier alpha value is -4.15. The molecule has 246 valence electrons. The Morgan fingerprint density at radius 3 is 2.40 bits per heavy atom. The van der Waals surface area contributed by atoms with Gasteiger partial charge in [-0.1, -0.05) is 37.1 Å². The number of hydrogen-bond donors (Lipinski definition) is 3. The molecule has 1 unspecified atom stereocenters. The largest absolute Gasteiger partial charge is 0.459 e. The summed E-state index contributed by atoms with van der Waals surface area (Å²) in [7, 11) is 1.55. The van der Waals surface area contributed by atoms with Crippen LogP contribution in [0.4, 0.5) is 4.79 Å². The van der Waals surface area contributed by atoms with Crippen LogP contribution in [-0.2, 0) is 30.5 Å². The molecule has 2 aliphatic rings. The SMILES string of the molecule is C=CCCCCC[C@H](NC(=O)OC(C)(C)C)C(=O)N1CCC[C@H]1C(=O)N[C@]1(C(=O)OCc2ccc(C(=O)NC)cc2)CC1C=C. The van der Waals surface area contributed by atoms with Gasteiger partial charge in [0.25, 0.3) is 5.91 Å². The lowest BCUT2D eigenvalue weighted by Crippen LogP contribution is -2.56. The molecule has 0 radical (unpaired) electrons. The number of allylic oxidation sites excluding steroid dienone is 1. The summed E-state index contributed by atoms with van der Waals surface area (Å²) in [4.78, 5) is 66.7. The van der Waals surface area contributed by atoms with E-state index in [1.807, 2.05) is 6.08 Å².